The van der Waals surface area contributed by atoms with E-state index < -0.39 is 11.9 Å². The Bertz CT molecular complexity index is 366. The number of carbonyl (C=O) groups is 2. The largest absolute Gasteiger partial charge is 2.00 e. The van der Waals surface area contributed by atoms with E-state index in [1.165, 1.54) is 24.3 Å². The molecule has 1 aromatic carbocycles. The summed E-state index contributed by atoms with van der Waals surface area (Å²) in [6, 6.07) is 5.44. The molecule has 0 atom stereocenters. The Morgan fingerprint density at radius 3 is 1.55 bits per heavy atom. The molecule has 1 aromatic rings. The van der Waals surface area contributed by atoms with Crippen LogP contribution in [-0.4, -0.2) is 78.2 Å². The molecule has 0 amide bonds. The Kier molecular flexibility index (Phi) is 42.8. The fourth-order valence-electron chi connectivity index (χ4n) is 0.897. The zero-order valence-electron chi connectivity index (χ0n) is 12.1. The van der Waals surface area contributed by atoms with Gasteiger partial charge in [-0.05, 0) is 12.1 Å². The zero-order chi connectivity index (χ0) is 9.84. The van der Waals surface area contributed by atoms with E-state index in [0.717, 1.165) is 0 Å². The summed E-state index contributed by atoms with van der Waals surface area (Å²) in [6.07, 6.45) is 0. The van der Waals surface area contributed by atoms with Gasteiger partial charge >= 0.3 is 35.0 Å². The number of benzene rings is 1. The number of carboxylic acid groups (broad SMARTS) is 1. The van der Waals surface area contributed by atoms with Crippen LogP contribution < -0.4 is 0 Å². The van der Waals surface area contributed by atoms with Crippen molar-refractivity contribution in [3.8, 4) is 0 Å². The molecule has 14 N–H and O–H groups in total. The normalized spacial score (nSPS) is 6.05. The van der Waals surface area contributed by atoms with E-state index in [1.807, 2.05) is 0 Å². The molecule has 0 aliphatic heterocycles. The predicted molar refractivity (Wildman–Crippen MR) is 71.1 cm³/mol. The Labute approximate surface area is 131 Å². The number of rotatable bonds is 2. The van der Waals surface area contributed by atoms with Gasteiger partial charge in [-0.15, -0.1) is 0 Å². The van der Waals surface area contributed by atoms with Crippen LogP contribution in [0.15, 0.2) is 24.3 Å². The Morgan fingerprint density at radius 2 is 1.25 bits per heavy atom. The molecule has 0 aliphatic carbocycles. The molecule has 120 valence electrons. The molecule has 20 heavy (non-hydrogen) atoms. The summed E-state index contributed by atoms with van der Waals surface area (Å²) in [4.78, 5) is 24.8. The summed E-state index contributed by atoms with van der Waals surface area (Å²) < 4.78 is 0. The third-order valence-corrected chi connectivity index (χ3v) is 1.46. The monoisotopic (exact) mass is 316 g/mol. The van der Waals surface area contributed by atoms with Crippen LogP contribution in [0.1, 0.15) is 23.6 Å². The first-order valence-electron chi connectivity index (χ1n) is 3.35. The van der Waals surface area contributed by atoms with Crippen molar-refractivity contribution in [2.24, 2.45) is 0 Å². The molecular weight excluding hydrogens is 296 g/mol. The standard InChI is InChI=1S/C8H6O5.Mg.6H2O.2H/c9-7(10)5-3-1-2-4-6(5)8(11)13-12;;;;;;;;;/h1-4,12H,(H,9,10);;6*1H2;;/q;+2;;;;;;;2*-1. The van der Waals surface area contributed by atoms with Crippen LogP contribution in [0.5, 0.6) is 0 Å². The molecule has 12 heteroatoms. The van der Waals surface area contributed by atoms with E-state index in [2.05, 4.69) is 4.89 Å². The quantitative estimate of drug-likeness (QED) is 0.311. The van der Waals surface area contributed by atoms with Crippen molar-refractivity contribution < 1.29 is 60.6 Å². The minimum atomic E-state index is -1.25. The number of hydrogen-bond acceptors (Lipinski definition) is 4. The second kappa shape index (κ2) is 20.0. The molecule has 0 bridgehead atoms. The average Bonchev–Trinajstić information content (AvgIpc) is 2.16. The fraction of sp³-hybridized carbons (Fsp3) is 0. The van der Waals surface area contributed by atoms with Gasteiger partial charge in [0, 0.05) is 0 Å². The van der Waals surface area contributed by atoms with Gasteiger partial charge in [0.25, 0.3) is 0 Å². The molecule has 1 rings (SSSR count). The SMILES string of the molecule is O.O.O.O.O.O.O=C(O)c1ccccc1C(=O)OO.[H-].[H-].[Mg+2]. The molecule has 0 saturated carbocycles. The van der Waals surface area contributed by atoms with E-state index in [-0.39, 0.29) is 69.9 Å². The van der Waals surface area contributed by atoms with Gasteiger partial charge in [0.05, 0.1) is 11.1 Å². The molecule has 0 heterocycles. The molecule has 0 unspecified atom stereocenters. The number of carboxylic acids is 1. The van der Waals surface area contributed by atoms with Gasteiger partial charge in [-0.3, -0.25) is 4.89 Å². The van der Waals surface area contributed by atoms with Crippen LogP contribution in [0.25, 0.3) is 0 Å². The van der Waals surface area contributed by atoms with E-state index >= 15 is 0 Å². The molecule has 0 radical (unpaired) electrons. The van der Waals surface area contributed by atoms with Gasteiger partial charge in [-0.25, -0.2) is 9.59 Å². The average molecular weight is 317 g/mol. The van der Waals surface area contributed by atoms with Gasteiger partial charge in [-0.2, -0.15) is 5.26 Å². The first kappa shape index (κ1) is 42.8. The van der Waals surface area contributed by atoms with E-state index in [1.54, 1.807) is 0 Å². The minimum absolute atomic E-state index is 0. The summed E-state index contributed by atoms with van der Waals surface area (Å²) >= 11 is 0. The van der Waals surface area contributed by atoms with Crippen molar-refractivity contribution in [2.45, 2.75) is 0 Å². The maximum absolute atomic E-state index is 10.8. The molecule has 0 spiro atoms. The summed E-state index contributed by atoms with van der Waals surface area (Å²) in [5.41, 5.74) is -0.390. The summed E-state index contributed by atoms with van der Waals surface area (Å²) in [7, 11) is 0. The third kappa shape index (κ3) is 10.6. The number of carbonyl (C=O) groups excluding carboxylic acids is 1. The first-order valence-corrected chi connectivity index (χ1v) is 3.35. The molecule has 0 aromatic heterocycles. The van der Waals surface area contributed by atoms with Crippen molar-refractivity contribution in [1.82, 2.24) is 0 Å². The van der Waals surface area contributed by atoms with Crippen LogP contribution in [0.2, 0.25) is 0 Å². The summed E-state index contributed by atoms with van der Waals surface area (Å²) in [6.45, 7) is 0. The summed E-state index contributed by atoms with van der Waals surface area (Å²) in [5.74, 6) is -2.33. The van der Waals surface area contributed by atoms with Crippen LogP contribution in [0.3, 0.4) is 0 Å². The van der Waals surface area contributed by atoms with Crippen LogP contribution in [0.4, 0.5) is 0 Å². The van der Waals surface area contributed by atoms with Crippen molar-refractivity contribution in [3.63, 3.8) is 0 Å². The predicted octanol–water partition coefficient (Wildman–Crippen LogP) is -4.09. The van der Waals surface area contributed by atoms with Crippen LogP contribution >= 0.6 is 0 Å². The first-order chi connectivity index (χ1) is 6.16. The minimum Gasteiger partial charge on any atom is -1.00 e. The molecular formula is C8H20MgO11. The van der Waals surface area contributed by atoms with Crippen LogP contribution in [0, 0.1) is 0 Å². The fourth-order valence-corrected chi connectivity index (χ4v) is 0.897. The second-order valence-corrected chi connectivity index (χ2v) is 2.23. The molecule has 0 fully saturated rings. The van der Waals surface area contributed by atoms with Gasteiger partial charge in [0.15, 0.2) is 0 Å². The van der Waals surface area contributed by atoms with Gasteiger partial charge in [0.1, 0.15) is 0 Å². The van der Waals surface area contributed by atoms with E-state index in [4.69, 9.17) is 10.4 Å². The second-order valence-electron chi connectivity index (χ2n) is 2.23. The van der Waals surface area contributed by atoms with Gasteiger partial charge < -0.3 is 40.8 Å². The molecule has 11 nitrogen and oxygen atoms in total. The van der Waals surface area contributed by atoms with E-state index in [9.17, 15) is 9.59 Å². The van der Waals surface area contributed by atoms with Crippen molar-refractivity contribution in [1.29, 1.82) is 0 Å². The molecule has 0 aliphatic rings. The Balaban J connectivity index is -0.0000000268. The van der Waals surface area contributed by atoms with Crippen molar-refractivity contribution in [2.75, 3.05) is 0 Å². The van der Waals surface area contributed by atoms with Gasteiger partial charge in [0.2, 0.25) is 0 Å². The number of hydrogen-bond donors (Lipinski definition) is 2. The van der Waals surface area contributed by atoms with Gasteiger partial charge in [-0.1, -0.05) is 12.1 Å². The van der Waals surface area contributed by atoms with Crippen molar-refractivity contribution in [3.05, 3.63) is 35.4 Å². The van der Waals surface area contributed by atoms with Crippen LogP contribution in [-0.2, 0) is 4.89 Å². The third-order valence-electron chi connectivity index (χ3n) is 1.46. The van der Waals surface area contributed by atoms with Crippen molar-refractivity contribution >= 4 is 35.0 Å². The summed E-state index contributed by atoms with van der Waals surface area (Å²) in [5, 5.41) is 16.7. The Hall–Kier alpha value is -1.35. The maximum atomic E-state index is 10.8. The topological polar surface area (TPSA) is 273 Å². The zero-order valence-corrected chi connectivity index (χ0v) is 11.5. The maximum Gasteiger partial charge on any atom is 2.00 e. The van der Waals surface area contributed by atoms with E-state index in [0.29, 0.717) is 0 Å². The smallest absolute Gasteiger partial charge is 1.00 e. The molecule has 0 saturated heterocycles. The number of aromatic carboxylic acids is 1. The Morgan fingerprint density at radius 1 is 0.900 bits per heavy atom.